The van der Waals surface area contributed by atoms with Gasteiger partial charge in [0.1, 0.15) is 6.61 Å². The molecule has 0 aliphatic carbocycles. The summed E-state index contributed by atoms with van der Waals surface area (Å²) in [5, 5.41) is 4.19. The van der Waals surface area contributed by atoms with Crippen LogP contribution in [0.4, 0.5) is 5.95 Å². The van der Waals surface area contributed by atoms with Gasteiger partial charge in [-0.25, -0.2) is 9.97 Å². The highest BCUT2D eigenvalue weighted by Gasteiger charge is 2.24. The van der Waals surface area contributed by atoms with Crippen molar-refractivity contribution in [2.24, 2.45) is 11.1 Å². The van der Waals surface area contributed by atoms with Gasteiger partial charge in [-0.2, -0.15) is 0 Å². The van der Waals surface area contributed by atoms with Crippen LogP contribution in [-0.2, 0) is 14.3 Å². The minimum absolute atomic E-state index is 0.0147. The normalized spacial score (nSPS) is 21.6. The predicted octanol–water partition coefficient (Wildman–Crippen LogP) is 3.00. The van der Waals surface area contributed by atoms with E-state index in [9.17, 15) is 0 Å². The monoisotopic (exact) mass is 412 g/mol. The first-order valence-electron chi connectivity index (χ1n) is 8.84. The average molecular weight is 413 g/mol. The standard InChI is InChI=1S/C17H25BrN4O3/c1-13(12-24-16-4-2-3-6-23-16)5-7-25-21-15-10-22(11-15)17-19-8-14(18)9-20-17/h8-9,13,16H,2-7,10-12H2,1H3. The number of anilines is 1. The van der Waals surface area contributed by atoms with E-state index in [1.54, 1.807) is 12.4 Å². The Kier molecular flexibility index (Phi) is 7.01. The van der Waals surface area contributed by atoms with Gasteiger partial charge in [0.2, 0.25) is 5.95 Å². The Balaban J connectivity index is 1.26. The lowest BCUT2D eigenvalue weighted by Gasteiger charge is -2.31. The Labute approximate surface area is 156 Å². The van der Waals surface area contributed by atoms with E-state index < -0.39 is 0 Å². The average Bonchev–Trinajstić information content (AvgIpc) is 2.60. The molecule has 1 aromatic heterocycles. The van der Waals surface area contributed by atoms with Gasteiger partial charge in [0.25, 0.3) is 0 Å². The second-order valence-corrected chi connectivity index (χ2v) is 7.49. The van der Waals surface area contributed by atoms with Crippen LogP contribution < -0.4 is 4.90 Å². The van der Waals surface area contributed by atoms with Crippen LogP contribution in [0.2, 0.25) is 0 Å². The molecular weight excluding hydrogens is 388 g/mol. The third kappa shape index (κ3) is 5.90. The smallest absolute Gasteiger partial charge is 0.226 e. The molecule has 2 unspecified atom stereocenters. The number of hydrogen-bond donors (Lipinski definition) is 0. The zero-order chi connectivity index (χ0) is 17.5. The van der Waals surface area contributed by atoms with E-state index in [4.69, 9.17) is 14.3 Å². The van der Waals surface area contributed by atoms with Crippen molar-refractivity contribution in [1.82, 2.24) is 9.97 Å². The minimum Gasteiger partial charge on any atom is -0.396 e. The van der Waals surface area contributed by atoms with Gasteiger partial charge in [-0.1, -0.05) is 12.1 Å². The molecule has 0 saturated carbocycles. The zero-order valence-corrected chi connectivity index (χ0v) is 16.2. The quantitative estimate of drug-likeness (QED) is 0.482. The second kappa shape index (κ2) is 9.45. The Morgan fingerprint density at radius 1 is 1.36 bits per heavy atom. The molecule has 138 valence electrons. The summed E-state index contributed by atoms with van der Waals surface area (Å²) in [6.07, 6.45) is 7.75. The van der Waals surface area contributed by atoms with Crippen LogP contribution in [0.25, 0.3) is 0 Å². The summed E-state index contributed by atoms with van der Waals surface area (Å²) >= 11 is 3.33. The highest BCUT2D eigenvalue weighted by Crippen LogP contribution is 2.17. The number of aromatic nitrogens is 2. The SMILES string of the molecule is CC(CCON=C1CN(c2ncc(Br)cn2)C1)COC1CCCCO1. The van der Waals surface area contributed by atoms with Gasteiger partial charge in [0, 0.05) is 19.0 Å². The van der Waals surface area contributed by atoms with Crippen LogP contribution in [0.3, 0.4) is 0 Å². The first kappa shape index (κ1) is 18.5. The van der Waals surface area contributed by atoms with E-state index in [0.717, 1.165) is 55.1 Å². The van der Waals surface area contributed by atoms with Gasteiger partial charge >= 0.3 is 0 Å². The Morgan fingerprint density at radius 2 is 2.16 bits per heavy atom. The van der Waals surface area contributed by atoms with Crippen molar-refractivity contribution in [1.29, 1.82) is 0 Å². The fourth-order valence-electron chi connectivity index (χ4n) is 2.65. The number of rotatable bonds is 8. The Morgan fingerprint density at radius 3 is 2.88 bits per heavy atom. The van der Waals surface area contributed by atoms with Gasteiger partial charge < -0.3 is 19.2 Å². The topological polar surface area (TPSA) is 69.1 Å². The van der Waals surface area contributed by atoms with Crippen molar-refractivity contribution < 1.29 is 14.3 Å². The third-order valence-corrected chi connectivity index (χ3v) is 4.65. The number of nitrogens with zero attached hydrogens (tertiary/aromatic N) is 4. The molecule has 3 heterocycles. The van der Waals surface area contributed by atoms with E-state index in [-0.39, 0.29) is 6.29 Å². The minimum atomic E-state index is -0.0147. The molecule has 25 heavy (non-hydrogen) atoms. The molecular formula is C17H25BrN4O3. The fourth-order valence-corrected chi connectivity index (χ4v) is 2.86. The molecule has 0 aromatic carbocycles. The van der Waals surface area contributed by atoms with Gasteiger partial charge in [0.05, 0.1) is 29.9 Å². The third-order valence-electron chi connectivity index (χ3n) is 4.24. The number of hydrogen-bond acceptors (Lipinski definition) is 7. The van der Waals surface area contributed by atoms with Crippen LogP contribution in [0.5, 0.6) is 0 Å². The fraction of sp³-hybridized carbons (Fsp3) is 0.706. The van der Waals surface area contributed by atoms with Crippen molar-refractivity contribution in [2.75, 3.05) is 37.8 Å². The van der Waals surface area contributed by atoms with Crippen molar-refractivity contribution in [2.45, 2.75) is 38.9 Å². The maximum Gasteiger partial charge on any atom is 0.226 e. The lowest BCUT2D eigenvalue weighted by molar-refractivity contribution is -0.168. The summed E-state index contributed by atoms with van der Waals surface area (Å²) in [6.45, 7) is 5.74. The predicted molar refractivity (Wildman–Crippen MR) is 98.7 cm³/mol. The highest BCUT2D eigenvalue weighted by atomic mass is 79.9. The summed E-state index contributed by atoms with van der Waals surface area (Å²) < 4.78 is 12.2. The zero-order valence-electron chi connectivity index (χ0n) is 14.6. The molecule has 1 aromatic rings. The summed E-state index contributed by atoms with van der Waals surface area (Å²) in [4.78, 5) is 16.0. The van der Waals surface area contributed by atoms with Gasteiger partial charge in [0.15, 0.2) is 6.29 Å². The summed E-state index contributed by atoms with van der Waals surface area (Å²) in [5.74, 6) is 1.15. The first-order chi connectivity index (χ1) is 12.2. The Hall–Kier alpha value is -1.25. The van der Waals surface area contributed by atoms with Crippen molar-refractivity contribution >= 4 is 27.6 Å². The van der Waals surface area contributed by atoms with E-state index in [2.05, 4.69) is 42.9 Å². The molecule has 8 heteroatoms. The lowest BCUT2D eigenvalue weighted by Crippen LogP contribution is -2.48. The van der Waals surface area contributed by atoms with Crippen LogP contribution in [0.15, 0.2) is 22.0 Å². The molecule has 0 bridgehead atoms. The highest BCUT2D eigenvalue weighted by molar-refractivity contribution is 9.10. The molecule has 2 fully saturated rings. The maximum absolute atomic E-state index is 5.79. The van der Waals surface area contributed by atoms with Crippen molar-refractivity contribution in [3.8, 4) is 0 Å². The summed E-state index contributed by atoms with van der Waals surface area (Å²) in [5.41, 5.74) is 1.02. The molecule has 3 rings (SSSR count). The molecule has 2 saturated heterocycles. The number of halogens is 1. The molecule has 2 aliphatic heterocycles. The van der Waals surface area contributed by atoms with Crippen LogP contribution in [-0.4, -0.2) is 54.9 Å². The van der Waals surface area contributed by atoms with Crippen LogP contribution in [0, 0.1) is 5.92 Å². The second-order valence-electron chi connectivity index (χ2n) is 6.57. The van der Waals surface area contributed by atoms with Gasteiger partial charge in [-0.3, -0.25) is 0 Å². The number of oxime groups is 1. The van der Waals surface area contributed by atoms with Crippen LogP contribution >= 0.6 is 15.9 Å². The molecule has 7 nitrogen and oxygen atoms in total. The molecule has 2 aliphatic rings. The first-order valence-corrected chi connectivity index (χ1v) is 9.63. The van der Waals surface area contributed by atoms with E-state index in [1.165, 1.54) is 6.42 Å². The molecule has 0 amide bonds. The van der Waals surface area contributed by atoms with Gasteiger partial charge in [-0.15, -0.1) is 0 Å². The molecule has 0 N–H and O–H groups in total. The largest absolute Gasteiger partial charge is 0.396 e. The van der Waals surface area contributed by atoms with Crippen LogP contribution in [0.1, 0.15) is 32.6 Å². The van der Waals surface area contributed by atoms with E-state index in [1.807, 2.05) is 0 Å². The molecule has 0 spiro atoms. The van der Waals surface area contributed by atoms with E-state index in [0.29, 0.717) is 19.1 Å². The molecule has 2 atom stereocenters. The molecule has 0 radical (unpaired) electrons. The number of ether oxygens (including phenoxy) is 2. The van der Waals surface area contributed by atoms with Crippen molar-refractivity contribution in [3.05, 3.63) is 16.9 Å². The van der Waals surface area contributed by atoms with Gasteiger partial charge in [-0.05, 0) is 47.5 Å². The summed E-state index contributed by atoms with van der Waals surface area (Å²) in [6, 6.07) is 0. The van der Waals surface area contributed by atoms with Crippen molar-refractivity contribution in [3.63, 3.8) is 0 Å². The summed E-state index contributed by atoms with van der Waals surface area (Å²) in [7, 11) is 0. The Bertz CT molecular complexity index is 556. The van der Waals surface area contributed by atoms with E-state index >= 15 is 0 Å². The maximum atomic E-state index is 5.79. The lowest BCUT2D eigenvalue weighted by atomic mass is 10.1.